The molecule has 0 atom stereocenters. The molecule has 0 amide bonds. The number of halogens is 3. The molecule has 4 rings (SSSR count). The molecule has 8 nitrogen and oxygen atoms in total. The van der Waals surface area contributed by atoms with Gasteiger partial charge in [-0.1, -0.05) is 12.5 Å². The molecule has 34 heavy (non-hydrogen) atoms. The van der Waals surface area contributed by atoms with Crippen LogP contribution in [-0.4, -0.2) is 40.8 Å². The van der Waals surface area contributed by atoms with Gasteiger partial charge < -0.3 is 5.32 Å². The molecule has 12 heteroatoms. The summed E-state index contributed by atoms with van der Waals surface area (Å²) in [6.45, 7) is 2.82. The van der Waals surface area contributed by atoms with E-state index in [2.05, 4.69) is 25.0 Å². The summed E-state index contributed by atoms with van der Waals surface area (Å²) in [6.07, 6.45) is 0.702. The van der Waals surface area contributed by atoms with Crippen molar-refractivity contribution in [1.82, 2.24) is 19.3 Å². The molecule has 0 radical (unpaired) electrons. The Bertz CT molecular complexity index is 1260. The van der Waals surface area contributed by atoms with Gasteiger partial charge in [-0.15, -0.1) is 0 Å². The maximum Gasteiger partial charge on any atom is 0.433 e. The number of rotatable bonds is 6. The third-order valence-electron chi connectivity index (χ3n) is 5.26. The van der Waals surface area contributed by atoms with Crippen LogP contribution < -0.4 is 10.0 Å². The molecule has 2 N–H and O–H groups in total. The molecule has 0 bridgehead atoms. The fraction of sp³-hybridized carbons (Fsp3) is 0.318. The molecule has 1 fully saturated rings. The zero-order chi connectivity index (χ0) is 24.3. The van der Waals surface area contributed by atoms with Crippen LogP contribution in [0.15, 0.2) is 48.8 Å². The minimum atomic E-state index is -4.57. The van der Waals surface area contributed by atoms with Gasteiger partial charge in [0.1, 0.15) is 11.5 Å². The lowest BCUT2D eigenvalue weighted by Crippen LogP contribution is -2.39. The number of nitrogens with one attached hydrogen (secondary N) is 2. The smallest absolute Gasteiger partial charge is 0.324 e. The van der Waals surface area contributed by atoms with Crippen LogP contribution in [0.3, 0.4) is 0 Å². The van der Waals surface area contributed by atoms with E-state index in [-0.39, 0.29) is 11.8 Å². The van der Waals surface area contributed by atoms with E-state index in [4.69, 9.17) is 0 Å². The highest BCUT2D eigenvalue weighted by atomic mass is 32.2. The van der Waals surface area contributed by atoms with Crippen molar-refractivity contribution in [2.75, 3.05) is 23.1 Å². The first-order valence-corrected chi connectivity index (χ1v) is 12.1. The molecule has 180 valence electrons. The summed E-state index contributed by atoms with van der Waals surface area (Å²) in [7, 11) is -3.66. The van der Waals surface area contributed by atoms with E-state index in [0.717, 1.165) is 42.7 Å². The zero-order valence-electron chi connectivity index (χ0n) is 18.3. The van der Waals surface area contributed by atoms with Crippen molar-refractivity contribution in [2.45, 2.75) is 32.4 Å². The van der Waals surface area contributed by atoms with Gasteiger partial charge in [0.25, 0.3) is 0 Å². The summed E-state index contributed by atoms with van der Waals surface area (Å²) in [5, 5.41) is 2.81. The van der Waals surface area contributed by atoms with Crippen molar-refractivity contribution >= 4 is 27.7 Å². The van der Waals surface area contributed by atoms with Crippen LogP contribution in [0.2, 0.25) is 0 Å². The number of alkyl halides is 3. The highest BCUT2D eigenvalue weighted by Crippen LogP contribution is 2.29. The molecule has 3 aromatic rings. The molecule has 1 aliphatic heterocycles. The average Bonchev–Trinajstić information content (AvgIpc) is 2.79. The Morgan fingerprint density at radius 3 is 2.41 bits per heavy atom. The van der Waals surface area contributed by atoms with Gasteiger partial charge in [0.15, 0.2) is 0 Å². The molecule has 1 saturated heterocycles. The molecule has 0 spiro atoms. The second-order valence-corrected chi connectivity index (χ2v) is 9.65. The van der Waals surface area contributed by atoms with Gasteiger partial charge in [0.2, 0.25) is 5.95 Å². The Morgan fingerprint density at radius 1 is 0.971 bits per heavy atom. The molecule has 0 saturated carbocycles. The monoisotopic (exact) mass is 492 g/mol. The van der Waals surface area contributed by atoms with Gasteiger partial charge in [0.05, 0.1) is 0 Å². The van der Waals surface area contributed by atoms with Crippen LogP contribution in [0, 0.1) is 6.92 Å². The summed E-state index contributed by atoms with van der Waals surface area (Å²) in [5.74, 6) is 0.0321. The van der Waals surface area contributed by atoms with E-state index in [1.54, 1.807) is 24.3 Å². The summed E-state index contributed by atoms with van der Waals surface area (Å²) >= 11 is 0. The van der Waals surface area contributed by atoms with Gasteiger partial charge in [-0.2, -0.15) is 25.9 Å². The summed E-state index contributed by atoms with van der Waals surface area (Å²) < 4.78 is 67.8. The number of aromatic nitrogens is 3. The van der Waals surface area contributed by atoms with Crippen molar-refractivity contribution in [3.8, 4) is 11.1 Å². The number of anilines is 3. The third kappa shape index (κ3) is 5.81. The van der Waals surface area contributed by atoms with Crippen LogP contribution in [0.5, 0.6) is 0 Å². The summed E-state index contributed by atoms with van der Waals surface area (Å²) in [4.78, 5) is 11.6. The Balaban J connectivity index is 1.52. The van der Waals surface area contributed by atoms with E-state index < -0.39 is 22.1 Å². The molecular weight excluding hydrogens is 469 g/mol. The second-order valence-electron chi connectivity index (χ2n) is 7.97. The standard InChI is InChI=1S/C22H23F3N6O2S/c1-15-11-17(13-18(12-15)28-21-26-8-7-19(29-21)22(23,24)25)16-5-6-20(27-14-16)30-34(32,33)31-9-3-2-4-10-31/h5-8,11-14H,2-4,9-10H2,1H3,(H,27,30)(H,26,28,29). The lowest BCUT2D eigenvalue weighted by molar-refractivity contribution is -0.141. The first kappa shape index (κ1) is 23.9. The van der Waals surface area contributed by atoms with E-state index in [1.807, 2.05) is 13.0 Å². The van der Waals surface area contributed by atoms with Crippen molar-refractivity contribution in [1.29, 1.82) is 0 Å². The van der Waals surface area contributed by atoms with E-state index >= 15 is 0 Å². The Labute approximate surface area is 195 Å². The van der Waals surface area contributed by atoms with Crippen LogP contribution in [0.25, 0.3) is 11.1 Å². The largest absolute Gasteiger partial charge is 0.433 e. The molecule has 0 unspecified atom stereocenters. The van der Waals surface area contributed by atoms with Crippen LogP contribution in [-0.2, 0) is 16.4 Å². The SMILES string of the molecule is Cc1cc(Nc2nccc(C(F)(F)F)n2)cc(-c2ccc(NS(=O)(=O)N3CCCCC3)nc2)c1. The summed E-state index contributed by atoms with van der Waals surface area (Å²) in [5.41, 5.74) is 1.76. The topological polar surface area (TPSA) is 100 Å². The number of hydrogen-bond donors (Lipinski definition) is 2. The Morgan fingerprint density at radius 2 is 1.74 bits per heavy atom. The molecule has 1 aromatic carbocycles. The maximum atomic E-state index is 12.9. The van der Waals surface area contributed by atoms with Crippen LogP contribution >= 0.6 is 0 Å². The van der Waals surface area contributed by atoms with Crippen LogP contribution in [0.4, 0.5) is 30.6 Å². The maximum absolute atomic E-state index is 12.9. The number of aryl methyl sites for hydroxylation is 1. The molecule has 3 heterocycles. The Hall–Kier alpha value is -3.25. The summed E-state index contributed by atoms with van der Waals surface area (Å²) in [6, 6.07) is 9.46. The average molecular weight is 493 g/mol. The highest BCUT2D eigenvalue weighted by Gasteiger charge is 2.32. The lowest BCUT2D eigenvalue weighted by Gasteiger charge is -2.25. The van der Waals surface area contributed by atoms with Gasteiger partial charge in [-0.3, -0.25) is 4.72 Å². The van der Waals surface area contributed by atoms with Gasteiger partial charge >= 0.3 is 16.4 Å². The molecule has 1 aliphatic rings. The predicted molar refractivity (Wildman–Crippen MR) is 123 cm³/mol. The number of pyridine rings is 1. The third-order valence-corrected chi connectivity index (χ3v) is 6.78. The quantitative estimate of drug-likeness (QED) is 0.515. The minimum absolute atomic E-state index is 0.174. The normalized spacial score (nSPS) is 15.2. The van der Waals surface area contributed by atoms with Gasteiger partial charge in [-0.25, -0.2) is 15.0 Å². The first-order chi connectivity index (χ1) is 16.1. The van der Waals surface area contributed by atoms with Crippen molar-refractivity contribution in [2.24, 2.45) is 0 Å². The molecular formula is C22H23F3N6O2S. The van der Waals surface area contributed by atoms with Crippen molar-refractivity contribution in [3.05, 3.63) is 60.0 Å². The van der Waals surface area contributed by atoms with Crippen molar-refractivity contribution in [3.63, 3.8) is 0 Å². The van der Waals surface area contributed by atoms with E-state index in [9.17, 15) is 21.6 Å². The van der Waals surface area contributed by atoms with Gasteiger partial charge in [0, 0.05) is 36.7 Å². The zero-order valence-corrected chi connectivity index (χ0v) is 19.1. The van der Waals surface area contributed by atoms with E-state index in [0.29, 0.717) is 24.3 Å². The number of benzene rings is 1. The number of hydrogen-bond acceptors (Lipinski definition) is 6. The fourth-order valence-corrected chi connectivity index (χ4v) is 4.91. The predicted octanol–water partition coefficient (Wildman–Crippen LogP) is 4.75. The van der Waals surface area contributed by atoms with E-state index in [1.165, 1.54) is 10.5 Å². The number of piperidine rings is 1. The minimum Gasteiger partial charge on any atom is -0.324 e. The molecule has 2 aromatic heterocycles. The fourth-order valence-electron chi connectivity index (χ4n) is 3.65. The Kier molecular flexibility index (Phi) is 6.71. The van der Waals surface area contributed by atoms with Gasteiger partial charge in [-0.05, 0) is 61.2 Å². The number of nitrogens with zero attached hydrogens (tertiary/aromatic N) is 4. The first-order valence-electron chi connectivity index (χ1n) is 10.6. The highest BCUT2D eigenvalue weighted by molar-refractivity contribution is 7.90. The lowest BCUT2D eigenvalue weighted by atomic mass is 10.0. The molecule has 0 aliphatic carbocycles. The van der Waals surface area contributed by atoms with Crippen LogP contribution in [0.1, 0.15) is 30.5 Å². The van der Waals surface area contributed by atoms with Crippen molar-refractivity contribution < 1.29 is 21.6 Å². The second kappa shape index (κ2) is 9.55.